The Morgan fingerprint density at radius 3 is 2.56 bits per heavy atom. The number of carbonyl (C=O) groups excluding carboxylic acids is 2. The van der Waals surface area contributed by atoms with E-state index in [1.54, 1.807) is 24.3 Å². The number of carbonyl (C=O) groups is 2. The summed E-state index contributed by atoms with van der Waals surface area (Å²) < 4.78 is 10.5. The zero-order chi connectivity index (χ0) is 18.4. The van der Waals surface area contributed by atoms with Gasteiger partial charge in [0.2, 0.25) is 0 Å². The molecule has 0 saturated carbocycles. The molecule has 1 amide bonds. The molecule has 1 heterocycles. The fraction of sp³-hybridized carbons (Fsp3) is 0.235. The zero-order valence-corrected chi connectivity index (χ0v) is 15.1. The first-order chi connectivity index (χ1) is 11.8. The number of halogens is 2. The Hall–Kier alpha value is -2.31. The van der Waals surface area contributed by atoms with Crippen LogP contribution in [0.15, 0.2) is 36.5 Å². The van der Waals surface area contributed by atoms with Gasteiger partial charge in [-0.25, -0.2) is 9.78 Å². The summed E-state index contributed by atoms with van der Waals surface area (Å²) in [5, 5.41) is 3.52. The van der Waals surface area contributed by atoms with E-state index in [4.69, 9.17) is 32.7 Å². The first-order valence-electron chi connectivity index (χ1n) is 7.36. The van der Waals surface area contributed by atoms with Crippen LogP contribution in [-0.4, -0.2) is 29.6 Å². The van der Waals surface area contributed by atoms with E-state index in [1.807, 2.05) is 6.92 Å². The van der Waals surface area contributed by atoms with Gasteiger partial charge in [-0.3, -0.25) is 4.79 Å². The maximum atomic E-state index is 11.9. The summed E-state index contributed by atoms with van der Waals surface area (Å²) in [5.41, 5.74) is 0.790. The molecule has 1 atom stereocenters. The van der Waals surface area contributed by atoms with E-state index < -0.39 is 24.6 Å². The van der Waals surface area contributed by atoms with Crippen molar-refractivity contribution < 1.29 is 19.1 Å². The SMILES string of the molecule is Cc1cc(Cl)ccc1OC(C)C(=O)OCC(=O)Nc1ccc(Cl)cn1. The number of rotatable bonds is 6. The molecule has 25 heavy (non-hydrogen) atoms. The van der Waals surface area contributed by atoms with Crippen molar-refractivity contribution in [3.63, 3.8) is 0 Å². The average molecular weight is 383 g/mol. The number of pyridine rings is 1. The molecule has 0 aliphatic rings. The van der Waals surface area contributed by atoms with Crippen molar-refractivity contribution in [3.8, 4) is 5.75 Å². The third-order valence-corrected chi connectivity index (χ3v) is 3.57. The van der Waals surface area contributed by atoms with Crippen molar-refractivity contribution in [1.29, 1.82) is 0 Å². The lowest BCUT2D eigenvalue weighted by atomic mass is 10.2. The molecule has 1 aromatic carbocycles. The van der Waals surface area contributed by atoms with E-state index in [0.29, 0.717) is 21.6 Å². The summed E-state index contributed by atoms with van der Waals surface area (Å²) in [4.78, 5) is 27.6. The summed E-state index contributed by atoms with van der Waals surface area (Å²) in [6.45, 7) is 2.90. The monoisotopic (exact) mass is 382 g/mol. The molecule has 2 rings (SSSR count). The molecule has 0 radical (unpaired) electrons. The van der Waals surface area contributed by atoms with Gasteiger partial charge in [0.25, 0.3) is 5.91 Å². The van der Waals surface area contributed by atoms with Gasteiger partial charge in [0.1, 0.15) is 11.6 Å². The summed E-state index contributed by atoms with van der Waals surface area (Å²) in [6.07, 6.45) is 0.523. The van der Waals surface area contributed by atoms with Crippen LogP contribution in [0.25, 0.3) is 0 Å². The lowest BCUT2D eigenvalue weighted by Gasteiger charge is -2.15. The largest absolute Gasteiger partial charge is 0.479 e. The number of esters is 1. The second-order valence-electron chi connectivity index (χ2n) is 5.19. The number of nitrogens with one attached hydrogen (secondary N) is 1. The number of ether oxygens (including phenoxy) is 2. The number of benzene rings is 1. The van der Waals surface area contributed by atoms with Crippen molar-refractivity contribution in [2.75, 3.05) is 11.9 Å². The zero-order valence-electron chi connectivity index (χ0n) is 13.6. The van der Waals surface area contributed by atoms with Gasteiger partial charge in [-0.1, -0.05) is 23.2 Å². The standard InChI is InChI=1S/C17H16Cl2N2O4/c1-10-7-12(18)3-5-14(10)25-11(2)17(23)24-9-16(22)21-15-6-4-13(19)8-20-15/h3-8,11H,9H2,1-2H3,(H,20,21,22). The number of aryl methyl sites for hydroxylation is 1. The van der Waals surface area contributed by atoms with Gasteiger partial charge in [-0.2, -0.15) is 0 Å². The highest BCUT2D eigenvalue weighted by Gasteiger charge is 2.18. The molecule has 0 spiro atoms. The van der Waals surface area contributed by atoms with Crippen LogP contribution in [0.5, 0.6) is 5.75 Å². The number of amides is 1. The molecule has 0 aliphatic heterocycles. The Morgan fingerprint density at radius 2 is 1.92 bits per heavy atom. The van der Waals surface area contributed by atoms with Crippen LogP contribution in [0, 0.1) is 6.92 Å². The molecule has 0 fully saturated rings. The van der Waals surface area contributed by atoms with Crippen LogP contribution in [0.3, 0.4) is 0 Å². The van der Waals surface area contributed by atoms with E-state index in [2.05, 4.69) is 10.3 Å². The van der Waals surface area contributed by atoms with Gasteiger partial charge in [0.15, 0.2) is 12.7 Å². The highest BCUT2D eigenvalue weighted by Crippen LogP contribution is 2.23. The minimum absolute atomic E-state index is 0.312. The van der Waals surface area contributed by atoms with Crippen LogP contribution >= 0.6 is 23.2 Å². The van der Waals surface area contributed by atoms with E-state index in [-0.39, 0.29) is 0 Å². The van der Waals surface area contributed by atoms with Crippen molar-refractivity contribution in [2.45, 2.75) is 20.0 Å². The summed E-state index contributed by atoms with van der Waals surface area (Å²) >= 11 is 11.6. The Labute approximate surface area is 155 Å². The van der Waals surface area contributed by atoms with Gasteiger partial charge in [-0.05, 0) is 49.7 Å². The quantitative estimate of drug-likeness (QED) is 0.771. The number of aromatic nitrogens is 1. The smallest absolute Gasteiger partial charge is 0.347 e. The van der Waals surface area contributed by atoms with Gasteiger partial charge in [0.05, 0.1) is 5.02 Å². The second kappa shape index (κ2) is 8.69. The van der Waals surface area contributed by atoms with Gasteiger partial charge in [-0.15, -0.1) is 0 Å². The van der Waals surface area contributed by atoms with Crippen LogP contribution < -0.4 is 10.1 Å². The Kier molecular flexibility index (Phi) is 6.61. The minimum atomic E-state index is -0.874. The second-order valence-corrected chi connectivity index (χ2v) is 6.06. The molecule has 6 nitrogen and oxygen atoms in total. The van der Waals surface area contributed by atoms with Crippen LogP contribution in [0.4, 0.5) is 5.82 Å². The molecule has 2 aromatic rings. The van der Waals surface area contributed by atoms with Gasteiger partial charge >= 0.3 is 5.97 Å². The van der Waals surface area contributed by atoms with Gasteiger partial charge in [0, 0.05) is 11.2 Å². The summed E-state index contributed by atoms with van der Waals surface area (Å²) in [6, 6.07) is 8.17. The average Bonchev–Trinajstić information content (AvgIpc) is 2.57. The number of anilines is 1. The molecule has 0 saturated heterocycles. The van der Waals surface area contributed by atoms with Crippen molar-refractivity contribution in [2.24, 2.45) is 0 Å². The summed E-state index contributed by atoms with van der Waals surface area (Å²) in [5.74, 6) is -0.346. The van der Waals surface area contributed by atoms with Crippen molar-refractivity contribution in [1.82, 2.24) is 4.98 Å². The highest BCUT2D eigenvalue weighted by molar-refractivity contribution is 6.30. The Morgan fingerprint density at radius 1 is 1.20 bits per heavy atom. The molecule has 132 valence electrons. The van der Waals surface area contributed by atoms with Crippen molar-refractivity contribution in [3.05, 3.63) is 52.1 Å². The molecule has 1 aromatic heterocycles. The number of nitrogens with zero attached hydrogens (tertiary/aromatic N) is 1. The predicted molar refractivity (Wildman–Crippen MR) is 95.1 cm³/mol. The molecule has 8 heteroatoms. The van der Waals surface area contributed by atoms with Crippen molar-refractivity contribution >= 4 is 40.9 Å². The maximum Gasteiger partial charge on any atom is 0.347 e. The Bertz CT molecular complexity index is 766. The van der Waals surface area contributed by atoms with E-state index in [1.165, 1.54) is 19.2 Å². The predicted octanol–water partition coefficient (Wildman–Crippen LogP) is 3.65. The molecule has 1 unspecified atom stereocenters. The normalized spacial score (nSPS) is 11.5. The van der Waals surface area contributed by atoms with E-state index >= 15 is 0 Å². The molecular weight excluding hydrogens is 367 g/mol. The van der Waals surface area contributed by atoms with Gasteiger partial charge < -0.3 is 14.8 Å². The molecule has 0 bridgehead atoms. The fourth-order valence-corrected chi connectivity index (χ4v) is 2.20. The summed E-state index contributed by atoms with van der Waals surface area (Å²) in [7, 11) is 0. The molecule has 0 aliphatic carbocycles. The van der Waals surface area contributed by atoms with E-state index in [9.17, 15) is 9.59 Å². The first kappa shape index (κ1) is 19.0. The fourth-order valence-electron chi connectivity index (χ4n) is 1.87. The van der Waals surface area contributed by atoms with Crippen LogP contribution in [0.2, 0.25) is 10.0 Å². The topological polar surface area (TPSA) is 77.5 Å². The number of hydrogen-bond donors (Lipinski definition) is 1. The molecular formula is C17H16Cl2N2O4. The van der Waals surface area contributed by atoms with Crippen LogP contribution in [-0.2, 0) is 14.3 Å². The minimum Gasteiger partial charge on any atom is -0.479 e. The third kappa shape index (κ3) is 5.92. The van der Waals surface area contributed by atoms with E-state index in [0.717, 1.165) is 5.56 Å². The molecule has 1 N–H and O–H groups in total. The van der Waals surface area contributed by atoms with Crippen LogP contribution in [0.1, 0.15) is 12.5 Å². The maximum absolute atomic E-state index is 11.9. The highest BCUT2D eigenvalue weighted by atomic mass is 35.5. The lowest BCUT2D eigenvalue weighted by Crippen LogP contribution is -2.30. The lowest BCUT2D eigenvalue weighted by molar-refractivity contribution is -0.153. The Balaban J connectivity index is 1.82. The third-order valence-electron chi connectivity index (χ3n) is 3.11. The number of hydrogen-bond acceptors (Lipinski definition) is 5. The first-order valence-corrected chi connectivity index (χ1v) is 8.11.